The highest BCUT2D eigenvalue weighted by atomic mass is 19.4. The summed E-state index contributed by atoms with van der Waals surface area (Å²) in [4.78, 5) is 14.0. The smallest absolute Gasteiger partial charge is 0.443 e. The fourth-order valence-electron chi connectivity index (χ4n) is 3.27. The van der Waals surface area contributed by atoms with E-state index in [-0.39, 0.29) is 30.3 Å². The molecule has 1 atom stereocenters. The number of benzene rings is 2. The van der Waals surface area contributed by atoms with Crippen molar-refractivity contribution in [3.05, 3.63) is 81.5 Å². The summed E-state index contributed by atoms with van der Waals surface area (Å²) in [6, 6.07) is 13.6. The first kappa shape index (κ1) is 21.6. The summed E-state index contributed by atoms with van der Waals surface area (Å²) in [6.07, 6.45) is -3.09. The molecule has 32 heavy (non-hydrogen) atoms. The Morgan fingerprint density at radius 3 is 2.34 bits per heavy atom. The highest BCUT2D eigenvalue weighted by Gasteiger charge is 2.31. The van der Waals surface area contributed by atoms with Gasteiger partial charge in [-0.25, -0.2) is 0 Å². The van der Waals surface area contributed by atoms with Crippen molar-refractivity contribution in [2.45, 2.75) is 32.0 Å². The van der Waals surface area contributed by atoms with Gasteiger partial charge in [-0.15, -0.1) is 13.2 Å². The second kappa shape index (κ2) is 8.87. The maximum absolute atomic E-state index is 12.2. The van der Waals surface area contributed by atoms with Gasteiger partial charge in [0.2, 0.25) is 0 Å². The first-order chi connectivity index (χ1) is 15.2. The third kappa shape index (κ3) is 5.55. The van der Waals surface area contributed by atoms with E-state index in [0.29, 0.717) is 19.6 Å². The van der Waals surface area contributed by atoms with Crippen LogP contribution in [-0.2, 0) is 24.3 Å². The summed E-state index contributed by atoms with van der Waals surface area (Å²) < 4.78 is 53.4. The molecule has 11 heteroatoms. The van der Waals surface area contributed by atoms with E-state index in [0.717, 1.165) is 16.7 Å². The first-order valence-electron chi connectivity index (χ1n) is 9.63. The van der Waals surface area contributed by atoms with E-state index in [1.807, 2.05) is 24.3 Å². The Hall–Kier alpha value is -3.60. The summed E-state index contributed by atoms with van der Waals surface area (Å²) in [5.41, 5.74) is 2.78. The normalized spacial score (nSPS) is 15.7. The van der Waals surface area contributed by atoms with Crippen molar-refractivity contribution in [3.8, 4) is 11.8 Å². The molecule has 0 unspecified atom stereocenters. The maximum atomic E-state index is 12.2. The van der Waals surface area contributed by atoms with Gasteiger partial charge in [-0.1, -0.05) is 36.4 Å². The molecule has 1 aromatic heterocycles. The predicted molar refractivity (Wildman–Crippen MR) is 105 cm³/mol. The lowest BCUT2D eigenvalue weighted by Gasteiger charge is -2.22. The lowest BCUT2D eigenvalue weighted by molar-refractivity contribution is -0.389. The number of nitro groups is 1. The third-order valence-electron chi connectivity index (χ3n) is 4.79. The highest BCUT2D eigenvalue weighted by Crippen LogP contribution is 2.24. The molecule has 0 saturated carbocycles. The van der Waals surface area contributed by atoms with Gasteiger partial charge >= 0.3 is 18.2 Å². The molecule has 0 bridgehead atoms. The number of hydrogen-bond donors (Lipinski definition) is 0. The lowest BCUT2D eigenvalue weighted by atomic mass is 10.0. The van der Waals surface area contributed by atoms with Gasteiger partial charge in [0.25, 0.3) is 0 Å². The van der Waals surface area contributed by atoms with Crippen LogP contribution < -0.4 is 9.47 Å². The van der Waals surface area contributed by atoms with E-state index < -0.39 is 11.3 Å². The minimum Gasteiger partial charge on any atom is -0.443 e. The molecule has 0 amide bonds. The Morgan fingerprint density at radius 1 is 1.09 bits per heavy atom. The van der Waals surface area contributed by atoms with Crippen molar-refractivity contribution >= 4 is 5.82 Å². The molecular formula is C21H18F3N3O5. The van der Waals surface area contributed by atoms with E-state index in [2.05, 4.69) is 9.72 Å². The fourth-order valence-corrected chi connectivity index (χ4v) is 3.27. The third-order valence-corrected chi connectivity index (χ3v) is 4.79. The highest BCUT2D eigenvalue weighted by molar-refractivity contribution is 5.32. The zero-order valence-corrected chi connectivity index (χ0v) is 16.6. The molecule has 1 aliphatic heterocycles. The SMILES string of the molecule is O=[N+]([O-])c1cn2c(n1)OC[C@@H](OCc1ccc(Cc3ccc(OC(F)(F)F)cc3)cc1)C2. The number of imidazole rings is 1. The van der Waals surface area contributed by atoms with Gasteiger partial charge in [0, 0.05) is 4.98 Å². The van der Waals surface area contributed by atoms with Crippen LogP contribution in [0.5, 0.6) is 11.8 Å². The van der Waals surface area contributed by atoms with E-state index in [1.54, 1.807) is 16.7 Å². The van der Waals surface area contributed by atoms with Crippen LogP contribution in [0.2, 0.25) is 0 Å². The number of halogens is 3. The number of fused-ring (bicyclic) bond motifs is 1. The molecule has 0 N–H and O–H groups in total. The molecular weight excluding hydrogens is 431 g/mol. The number of aromatic nitrogens is 2. The summed E-state index contributed by atoms with van der Waals surface area (Å²) >= 11 is 0. The topological polar surface area (TPSA) is 88.7 Å². The van der Waals surface area contributed by atoms with Gasteiger partial charge in [0.05, 0.1) is 13.2 Å². The minimum absolute atomic E-state index is 0.207. The monoisotopic (exact) mass is 449 g/mol. The molecule has 4 rings (SSSR count). The summed E-state index contributed by atoms with van der Waals surface area (Å²) in [5, 5.41) is 10.8. The van der Waals surface area contributed by atoms with E-state index in [4.69, 9.17) is 9.47 Å². The molecule has 0 spiro atoms. The standard InChI is InChI=1S/C21H18F3N3O5/c22-21(23,24)32-17-7-5-15(6-8-17)9-14-1-3-16(4-2-14)12-30-18-10-26-11-19(27(28)29)25-20(26)31-13-18/h1-8,11,18H,9-10,12-13H2/t18-/m0/s1. The van der Waals surface area contributed by atoms with Crippen molar-refractivity contribution in [2.75, 3.05) is 6.61 Å². The van der Waals surface area contributed by atoms with Crippen molar-refractivity contribution in [2.24, 2.45) is 0 Å². The lowest BCUT2D eigenvalue weighted by Crippen LogP contribution is -2.32. The second-order valence-corrected chi connectivity index (χ2v) is 7.22. The predicted octanol–water partition coefficient (Wildman–Crippen LogP) is 4.26. The van der Waals surface area contributed by atoms with Gasteiger partial charge in [0.1, 0.15) is 24.7 Å². The molecule has 8 nitrogen and oxygen atoms in total. The average Bonchev–Trinajstić information content (AvgIpc) is 3.17. The number of hydrogen-bond acceptors (Lipinski definition) is 6. The maximum Gasteiger partial charge on any atom is 0.573 e. The quantitative estimate of drug-likeness (QED) is 0.396. The number of ether oxygens (including phenoxy) is 3. The summed E-state index contributed by atoms with van der Waals surface area (Å²) in [5.74, 6) is -0.517. The molecule has 0 radical (unpaired) electrons. The molecule has 0 saturated heterocycles. The van der Waals surface area contributed by atoms with Crippen LogP contribution in [0.15, 0.2) is 54.7 Å². The number of rotatable bonds is 7. The Labute approximate surface area is 180 Å². The van der Waals surface area contributed by atoms with Crippen molar-refractivity contribution in [1.29, 1.82) is 0 Å². The Balaban J connectivity index is 1.28. The summed E-state index contributed by atoms with van der Waals surface area (Å²) in [6.45, 7) is 0.993. The van der Waals surface area contributed by atoms with Crippen molar-refractivity contribution in [3.63, 3.8) is 0 Å². The van der Waals surface area contributed by atoms with Crippen LogP contribution in [0.1, 0.15) is 16.7 Å². The van der Waals surface area contributed by atoms with E-state index in [9.17, 15) is 23.3 Å². The van der Waals surface area contributed by atoms with Gasteiger partial charge < -0.3 is 24.3 Å². The zero-order valence-electron chi connectivity index (χ0n) is 16.6. The molecule has 3 aromatic rings. The average molecular weight is 449 g/mol. The molecule has 2 heterocycles. The van der Waals surface area contributed by atoms with Gasteiger partial charge in [-0.3, -0.25) is 4.57 Å². The van der Waals surface area contributed by atoms with Crippen LogP contribution in [0.4, 0.5) is 19.0 Å². The minimum atomic E-state index is -4.71. The summed E-state index contributed by atoms with van der Waals surface area (Å²) in [7, 11) is 0. The largest absolute Gasteiger partial charge is 0.573 e. The number of nitrogens with zero attached hydrogens (tertiary/aromatic N) is 3. The fraction of sp³-hybridized carbons (Fsp3) is 0.286. The molecule has 168 valence electrons. The zero-order chi connectivity index (χ0) is 22.7. The van der Waals surface area contributed by atoms with Gasteiger partial charge in [-0.05, 0) is 40.2 Å². The second-order valence-electron chi connectivity index (χ2n) is 7.22. The van der Waals surface area contributed by atoms with Crippen LogP contribution >= 0.6 is 0 Å². The Morgan fingerprint density at radius 2 is 1.72 bits per heavy atom. The molecule has 0 fully saturated rings. The molecule has 2 aromatic carbocycles. The van der Waals surface area contributed by atoms with Crippen molar-refractivity contribution < 1.29 is 32.3 Å². The molecule has 1 aliphatic rings. The Bertz CT molecular complexity index is 1080. The van der Waals surface area contributed by atoms with Crippen LogP contribution in [0.3, 0.4) is 0 Å². The van der Waals surface area contributed by atoms with Crippen molar-refractivity contribution in [1.82, 2.24) is 9.55 Å². The van der Waals surface area contributed by atoms with E-state index >= 15 is 0 Å². The van der Waals surface area contributed by atoms with Crippen LogP contribution in [-0.4, -0.2) is 33.5 Å². The number of alkyl halides is 3. The Kier molecular flexibility index (Phi) is 5.99. The first-order valence-corrected chi connectivity index (χ1v) is 9.63. The van der Waals surface area contributed by atoms with Crippen LogP contribution in [0.25, 0.3) is 0 Å². The van der Waals surface area contributed by atoms with Crippen LogP contribution in [0, 0.1) is 10.1 Å². The van der Waals surface area contributed by atoms with E-state index in [1.165, 1.54) is 18.3 Å². The van der Waals surface area contributed by atoms with Gasteiger partial charge in [-0.2, -0.15) is 0 Å². The molecule has 0 aliphatic carbocycles. The van der Waals surface area contributed by atoms with Gasteiger partial charge in [0.15, 0.2) is 0 Å².